The first-order valence-electron chi connectivity index (χ1n) is 8.77. The van der Waals surface area contributed by atoms with Crippen molar-refractivity contribution in [3.8, 4) is 11.5 Å². The van der Waals surface area contributed by atoms with Crippen LogP contribution in [0.1, 0.15) is 11.1 Å². The first-order chi connectivity index (χ1) is 13.5. The van der Waals surface area contributed by atoms with Gasteiger partial charge in [0.15, 0.2) is 11.5 Å². The molecule has 6 heteroatoms. The minimum absolute atomic E-state index is 0.143. The van der Waals surface area contributed by atoms with Crippen LogP contribution in [0.15, 0.2) is 60.8 Å². The first-order valence-corrected chi connectivity index (χ1v) is 8.77. The zero-order valence-electron chi connectivity index (χ0n) is 16.1. The fourth-order valence-corrected chi connectivity index (χ4v) is 3.03. The summed E-state index contributed by atoms with van der Waals surface area (Å²) >= 11 is 0. The molecule has 1 heterocycles. The molecule has 2 aromatic carbocycles. The molecule has 1 aliphatic heterocycles. The van der Waals surface area contributed by atoms with E-state index in [1.165, 1.54) is 18.1 Å². The minimum Gasteiger partial charge on any atom is -0.493 e. The van der Waals surface area contributed by atoms with Crippen molar-refractivity contribution in [3.05, 3.63) is 71.9 Å². The van der Waals surface area contributed by atoms with E-state index in [0.29, 0.717) is 28.3 Å². The van der Waals surface area contributed by atoms with Gasteiger partial charge >= 0.3 is 0 Å². The standard InChI is InChI=1S/C22H22N2O4/c1-5-12-24-21(25)19(15-8-6-14(2)7-9-15)20(22(24)26)23-16-10-11-17(27-3)18(13-16)28-4/h5-11,13,23H,1,12H2,2-4H3. The summed E-state index contributed by atoms with van der Waals surface area (Å²) in [4.78, 5) is 27.0. The third-order valence-electron chi connectivity index (χ3n) is 4.47. The number of rotatable bonds is 7. The molecule has 0 fully saturated rings. The number of hydrogen-bond acceptors (Lipinski definition) is 5. The van der Waals surface area contributed by atoms with Crippen LogP contribution in [-0.4, -0.2) is 37.5 Å². The van der Waals surface area contributed by atoms with Crippen molar-refractivity contribution in [2.45, 2.75) is 6.92 Å². The maximum absolute atomic E-state index is 12.9. The van der Waals surface area contributed by atoms with Gasteiger partial charge in [-0.1, -0.05) is 35.9 Å². The molecule has 2 amide bonds. The summed E-state index contributed by atoms with van der Waals surface area (Å²) in [6.45, 7) is 5.75. The van der Waals surface area contributed by atoms with E-state index in [4.69, 9.17) is 9.47 Å². The van der Waals surface area contributed by atoms with E-state index in [0.717, 1.165) is 5.56 Å². The van der Waals surface area contributed by atoms with E-state index in [1.54, 1.807) is 25.3 Å². The van der Waals surface area contributed by atoms with E-state index in [2.05, 4.69) is 11.9 Å². The Kier molecular flexibility index (Phi) is 5.49. The van der Waals surface area contributed by atoms with Gasteiger partial charge in [-0.15, -0.1) is 6.58 Å². The molecule has 2 aromatic rings. The van der Waals surface area contributed by atoms with Crippen LogP contribution in [0.3, 0.4) is 0 Å². The fourth-order valence-electron chi connectivity index (χ4n) is 3.03. The van der Waals surface area contributed by atoms with Gasteiger partial charge in [0, 0.05) is 18.3 Å². The van der Waals surface area contributed by atoms with E-state index in [-0.39, 0.29) is 18.1 Å². The van der Waals surface area contributed by atoms with Crippen molar-refractivity contribution in [2.75, 3.05) is 26.1 Å². The van der Waals surface area contributed by atoms with E-state index in [9.17, 15) is 9.59 Å². The number of hydrogen-bond donors (Lipinski definition) is 1. The van der Waals surface area contributed by atoms with Gasteiger partial charge in [-0.3, -0.25) is 14.5 Å². The molecule has 0 saturated carbocycles. The van der Waals surface area contributed by atoms with Crippen LogP contribution in [0.25, 0.3) is 5.57 Å². The average molecular weight is 378 g/mol. The lowest BCUT2D eigenvalue weighted by molar-refractivity contribution is -0.136. The Morgan fingerprint density at radius 1 is 1.00 bits per heavy atom. The number of methoxy groups -OCH3 is 2. The lowest BCUT2D eigenvalue weighted by Crippen LogP contribution is -2.32. The largest absolute Gasteiger partial charge is 0.493 e. The Labute approximate surface area is 164 Å². The van der Waals surface area contributed by atoms with E-state index >= 15 is 0 Å². The molecule has 0 aromatic heterocycles. The SMILES string of the molecule is C=CCN1C(=O)C(Nc2ccc(OC)c(OC)c2)=C(c2ccc(C)cc2)C1=O. The van der Waals surface area contributed by atoms with Crippen LogP contribution in [0, 0.1) is 6.92 Å². The number of carbonyl (C=O) groups is 2. The molecule has 0 atom stereocenters. The summed E-state index contributed by atoms with van der Waals surface area (Å²) in [5.41, 5.74) is 2.92. The number of anilines is 1. The Hall–Kier alpha value is -3.54. The highest BCUT2D eigenvalue weighted by Gasteiger charge is 2.38. The summed E-state index contributed by atoms with van der Waals surface area (Å²) in [5.74, 6) is 0.347. The second kappa shape index (κ2) is 8.00. The summed E-state index contributed by atoms with van der Waals surface area (Å²) in [6, 6.07) is 12.7. The van der Waals surface area contributed by atoms with Gasteiger partial charge in [-0.05, 0) is 24.6 Å². The van der Waals surface area contributed by atoms with Crippen LogP contribution < -0.4 is 14.8 Å². The van der Waals surface area contributed by atoms with Gasteiger partial charge in [0.2, 0.25) is 0 Å². The van der Waals surface area contributed by atoms with E-state index in [1.807, 2.05) is 31.2 Å². The van der Waals surface area contributed by atoms with Crippen LogP contribution in [-0.2, 0) is 9.59 Å². The van der Waals surface area contributed by atoms with E-state index < -0.39 is 5.91 Å². The van der Waals surface area contributed by atoms with Crippen molar-refractivity contribution in [3.63, 3.8) is 0 Å². The Morgan fingerprint density at radius 3 is 2.29 bits per heavy atom. The van der Waals surface area contributed by atoms with Gasteiger partial charge in [0.25, 0.3) is 11.8 Å². The molecule has 0 spiro atoms. The topological polar surface area (TPSA) is 67.9 Å². The molecule has 0 radical (unpaired) electrons. The highest BCUT2D eigenvalue weighted by atomic mass is 16.5. The monoisotopic (exact) mass is 378 g/mol. The van der Waals surface area contributed by atoms with Crippen LogP contribution in [0.4, 0.5) is 5.69 Å². The number of carbonyl (C=O) groups excluding carboxylic acids is 2. The maximum Gasteiger partial charge on any atom is 0.278 e. The van der Waals surface area contributed by atoms with Crippen LogP contribution in [0.5, 0.6) is 11.5 Å². The van der Waals surface area contributed by atoms with Gasteiger partial charge in [-0.25, -0.2) is 0 Å². The molecule has 3 rings (SSSR count). The molecule has 1 aliphatic rings. The zero-order chi connectivity index (χ0) is 20.3. The quantitative estimate of drug-likeness (QED) is 0.591. The Balaban J connectivity index is 2.07. The third-order valence-corrected chi connectivity index (χ3v) is 4.47. The van der Waals surface area contributed by atoms with Crippen molar-refractivity contribution >= 4 is 23.1 Å². The minimum atomic E-state index is -0.393. The van der Waals surface area contributed by atoms with Crippen molar-refractivity contribution in [2.24, 2.45) is 0 Å². The lowest BCUT2D eigenvalue weighted by Gasteiger charge is -2.13. The number of amides is 2. The normalized spacial score (nSPS) is 13.8. The molecule has 1 N–H and O–H groups in total. The number of nitrogens with one attached hydrogen (secondary N) is 1. The predicted octanol–water partition coefficient (Wildman–Crippen LogP) is 3.39. The molecule has 0 aliphatic carbocycles. The molecule has 144 valence electrons. The smallest absolute Gasteiger partial charge is 0.278 e. The first kappa shape index (κ1) is 19.2. The molecular weight excluding hydrogens is 356 g/mol. The molecule has 28 heavy (non-hydrogen) atoms. The summed E-state index contributed by atoms with van der Waals surface area (Å²) in [6.07, 6.45) is 1.53. The highest BCUT2D eigenvalue weighted by molar-refractivity contribution is 6.36. The highest BCUT2D eigenvalue weighted by Crippen LogP contribution is 2.34. The molecule has 0 unspecified atom stereocenters. The van der Waals surface area contributed by atoms with Gasteiger partial charge in [0.05, 0.1) is 19.8 Å². The van der Waals surface area contributed by atoms with Crippen molar-refractivity contribution < 1.29 is 19.1 Å². The van der Waals surface area contributed by atoms with Crippen molar-refractivity contribution in [1.82, 2.24) is 4.90 Å². The molecule has 0 saturated heterocycles. The summed E-state index contributed by atoms with van der Waals surface area (Å²) < 4.78 is 10.6. The Morgan fingerprint density at radius 2 is 1.68 bits per heavy atom. The number of nitrogens with zero attached hydrogens (tertiary/aromatic N) is 1. The second-order valence-electron chi connectivity index (χ2n) is 6.32. The van der Waals surface area contributed by atoms with Crippen LogP contribution >= 0.6 is 0 Å². The number of imide groups is 1. The second-order valence-corrected chi connectivity index (χ2v) is 6.32. The fraction of sp³-hybridized carbons (Fsp3) is 0.182. The zero-order valence-corrected chi connectivity index (χ0v) is 16.1. The van der Waals surface area contributed by atoms with Gasteiger partial charge < -0.3 is 14.8 Å². The number of aryl methyl sites for hydroxylation is 1. The van der Waals surface area contributed by atoms with Crippen LogP contribution in [0.2, 0.25) is 0 Å². The number of ether oxygens (including phenoxy) is 2. The summed E-state index contributed by atoms with van der Waals surface area (Å²) in [5, 5.41) is 3.10. The Bertz CT molecular complexity index is 961. The van der Waals surface area contributed by atoms with Gasteiger partial charge in [0.1, 0.15) is 5.70 Å². The predicted molar refractivity (Wildman–Crippen MR) is 108 cm³/mol. The van der Waals surface area contributed by atoms with Gasteiger partial charge in [-0.2, -0.15) is 0 Å². The molecule has 0 bridgehead atoms. The molecule has 6 nitrogen and oxygen atoms in total. The maximum atomic E-state index is 12.9. The number of benzene rings is 2. The van der Waals surface area contributed by atoms with Crippen molar-refractivity contribution in [1.29, 1.82) is 0 Å². The third kappa shape index (κ3) is 3.49. The molecular formula is C22H22N2O4. The summed E-state index contributed by atoms with van der Waals surface area (Å²) in [7, 11) is 3.09. The lowest BCUT2D eigenvalue weighted by atomic mass is 10.0. The average Bonchev–Trinajstić information content (AvgIpc) is 2.93.